The third kappa shape index (κ3) is 7.19. The maximum absolute atomic E-state index is 12.2. The summed E-state index contributed by atoms with van der Waals surface area (Å²) in [5.41, 5.74) is 2.02. The summed E-state index contributed by atoms with van der Waals surface area (Å²) in [6, 6.07) is 14.3. The smallest absolute Gasteiger partial charge is 0.338 e. The van der Waals surface area contributed by atoms with Crippen LogP contribution in [0.5, 0.6) is 5.75 Å². The Hall–Kier alpha value is -2.93. The SMILES string of the molecule is CCCOC(=O)c1cccc(NC(=S)NC(=O)COc2ccccc2C(C)C)c1. The van der Waals surface area contributed by atoms with Crippen LogP contribution >= 0.6 is 12.2 Å². The summed E-state index contributed by atoms with van der Waals surface area (Å²) in [6.45, 7) is 6.26. The molecule has 2 aromatic rings. The molecular weight excluding hydrogens is 388 g/mol. The van der Waals surface area contributed by atoms with Crippen molar-refractivity contribution in [3.05, 3.63) is 59.7 Å². The van der Waals surface area contributed by atoms with E-state index in [4.69, 9.17) is 21.7 Å². The predicted molar refractivity (Wildman–Crippen MR) is 117 cm³/mol. The van der Waals surface area contributed by atoms with Gasteiger partial charge in [-0.15, -0.1) is 0 Å². The topological polar surface area (TPSA) is 76.7 Å². The largest absolute Gasteiger partial charge is 0.483 e. The molecule has 0 heterocycles. The van der Waals surface area contributed by atoms with Crippen LogP contribution in [-0.4, -0.2) is 30.2 Å². The number of ether oxygens (including phenoxy) is 2. The summed E-state index contributed by atoms with van der Waals surface area (Å²) < 4.78 is 10.8. The van der Waals surface area contributed by atoms with Crippen LogP contribution in [0.2, 0.25) is 0 Å². The molecule has 0 unspecified atom stereocenters. The molecule has 0 spiro atoms. The Bertz CT molecular complexity index is 867. The quantitative estimate of drug-likeness (QED) is 0.496. The molecule has 1 amide bonds. The van der Waals surface area contributed by atoms with E-state index >= 15 is 0 Å². The highest BCUT2D eigenvalue weighted by Crippen LogP contribution is 2.25. The Balaban J connectivity index is 1.88. The summed E-state index contributed by atoms with van der Waals surface area (Å²) in [7, 11) is 0. The van der Waals surface area contributed by atoms with Gasteiger partial charge in [-0.1, -0.05) is 45.0 Å². The predicted octanol–water partition coefficient (Wildman–Crippen LogP) is 4.27. The molecule has 0 saturated heterocycles. The van der Waals surface area contributed by atoms with Gasteiger partial charge in [0.05, 0.1) is 12.2 Å². The van der Waals surface area contributed by atoms with Crippen molar-refractivity contribution in [2.75, 3.05) is 18.5 Å². The Morgan fingerprint density at radius 2 is 1.86 bits per heavy atom. The molecule has 0 atom stereocenters. The van der Waals surface area contributed by atoms with E-state index in [1.54, 1.807) is 24.3 Å². The van der Waals surface area contributed by atoms with Crippen molar-refractivity contribution < 1.29 is 19.1 Å². The highest BCUT2D eigenvalue weighted by atomic mass is 32.1. The van der Waals surface area contributed by atoms with Gasteiger partial charge in [-0.2, -0.15) is 0 Å². The van der Waals surface area contributed by atoms with Gasteiger partial charge in [-0.25, -0.2) is 4.79 Å². The van der Waals surface area contributed by atoms with Gasteiger partial charge in [0.15, 0.2) is 11.7 Å². The minimum atomic E-state index is -0.400. The number of hydrogen-bond donors (Lipinski definition) is 2. The van der Waals surface area contributed by atoms with Crippen LogP contribution in [0.15, 0.2) is 48.5 Å². The summed E-state index contributed by atoms with van der Waals surface area (Å²) >= 11 is 5.17. The number of hydrogen-bond acceptors (Lipinski definition) is 5. The Labute approximate surface area is 176 Å². The van der Waals surface area contributed by atoms with Gasteiger partial charge >= 0.3 is 5.97 Å². The minimum Gasteiger partial charge on any atom is -0.483 e. The lowest BCUT2D eigenvalue weighted by molar-refractivity contribution is -0.121. The summed E-state index contributed by atoms with van der Waals surface area (Å²) in [4.78, 5) is 24.1. The third-order valence-corrected chi connectivity index (χ3v) is 4.15. The summed E-state index contributed by atoms with van der Waals surface area (Å²) in [6.07, 6.45) is 0.753. The van der Waals surface area contributed by atoms with Gasteiger partial charge in [0.25, 0.3) is 5.91 Å². The van der Waals surface area contributed by atoms with Gasteiger partial charge in [-0.3, -0.25) is 10.1 Å². The zero-order valence-corrected chi connectivity index (χ0v) is 17.7. The van der Waals surface area contributed by atoms with Crippen molar-refractivity contribution in [2.45, 2.75) is 33.1 Å². The van der Waals surface area contributed by atoms with Crippen molar-refractivity contribution in [1.82, 2.24) is 5.32 Å². The van der Waals surface area contributed by atoms with E-state index in [1.807, 2.05) is 31.2 Å². The fourth-order valence-corrected chi connectivity index (χ4v) is 2.79. The molecular formula is C22H26N2O4S. The molecule has 0 saturated carbocycles. The zero-order chi connectivity index (χ0) is 21.2. The molecule has 6 nitrogen and oxygen atoms in total. The maximum Gasteiger partial charge on any atom is 0.338 e. The second kappa shape index (κ2) is 11.2. The first-order valence-electron chi connectivity index (χ1n) is 9.50. The third-order valence-electron chi connectivity index (χ3n) is 3.95. The molecule has 0 aliphatic rings. The molecule has 0 fully saturated rings. The number of amides is 1. The summed E-state index contributed by atoms with van der Waals surface area (Å²) in [5.74, 6) is 0.186. The van der Waals surface area contributed by atoms with Crippen LogP contribution in [0, 0.1) is 0 Å². The molecule has 2 N–H and O–H groups in total. The van der Waals surface area contributed by atoms with Crippen LogP contribution < -0.4 is 15.4 Å². The van der Waals surface area contributed by atoms with E-state index in [9.17, 15) is 9.59 Å². The van der Waals surface area contributed by atoms with Gasteiger partial charge in [-0.05, 0) is 54.4 Å². The lowest BCUT2D eigenvalue weighted by atomic mass is 10.0. The van der Waals surface area contributed by atoms with Gasteiger partial charge < -0.3 is 14.8 Å². The van der Waals surface area contributed by atoms with Gasteiger partial charge in [0.2, 0.25) is 0 Å². The van der Waals surface area contributed by atoms with E-state index in [0.29, 0.717) is 23.6 Å². The number of carbonyl (C=O) groups excluding carboxylic acids is 2. The first kappa shape index (κ1) is 22.4. The Morgan fingerprint density at radius 1 is 1.10 bits per heavy atom. The van der Waals surface area contributed by atoms with Crippen molar-refractivity contribution in [3.63, 3.8) is 0 Å². The lowest BCUT2D eigenvalue weighted by Crippen LogP contribution is -2.37. The number of anilines is 1. The highest BCUT2D eigenvalue weighted by Gasteiger charge is 2.11. The van der Waals surface area contributed by atoms with Crippen molar-refractivity contribution in [2.24, 2.45) is 0 Å². The molecule has 29 heavy (non-hydrogen) atoms. The van der Waals surface area contributed by atoms with Gasteiger partial charge in [0, 0.05) is 5.69 Å². The molecule has 0 aliphatic carbocycles. The molecule has 0 bridgehead atoms. The molecule has 7 heteroatoms. The number of thiocarbonyl (C=S) groups is 1. The molecule has 2 rings (SSSR count). The average Bonchev–Trinajstić information content (AvgIpc) is 2.70. The number of nitrogens with one attached hydrogen (secondary N) is 2. The van der Waals surface area contributed by atoms with Crippen molar-refractivity contribution in [3.8, 4) is 5.75 Å². The van der Waals surface area contributed by atoms with Crippen molar-refractivity contribution >= 4 is 34.9 Å². The molecule has 0 aliphatic heterocycles. The van der Waals surface area contributed by atoms with E-state index in [2.05, 4.69) is 24.5 Å². The van der Waals surface area contributed by atoms with Crippen molar-refractivity contribution in [1.29, 1.82) is 0 Å². The number of esters is 1. The fourth-order valence-electron chi connectivity index (χ4n) is 2.56. The van der Waals surface area contributed by atoms with E-state index in [0.717, 1.165) is 12.0 Å². The number of carbonyl (C=O) groups is 2. The lowest BCUT2D eigenvalue weighted by Gasteiger charge is -2.14. The normalized spacial score (nSPS) is 10.3. The molecule has 2 aromatic carbocycles. The van der Waals surface area contributed by atoms with Crippen LogP contribution in [0.4, 0.5) is 5.69 Å². The van der Waals surface area contributed by atoms with E-state index in [1.165, 1.54) is 0 Å². The second-order valence-electron chi connectivity index (χ2n) is 6.70. The van der Waals surface area contributed by atoms with Gasteiger partial charge in [0.1, 0.15) is 5.75 Å². The first-order valence-corrected chi connectivity index (χ1v) is 9.91. The van der Waals surface area contributed by atoms with Crippen LogP contribution in [-0.2, 0) is 9.53 Å². The van der Waals surface area contributed by atoms with Crippen LogP contribution in [0.1, 0.15) is 49.0 Å². The maximum atomic E-state index is 12.2. The Morgan fingerprint density at radius 3 is 2.59 bits per heavy atom. The van der Waals surface area contributed by atoms with E-state index < -0.39 is 5.97 Å². The fraction of sp³-hybridized carbons (Fsp3) is 0.318. The van der Waals surface area contributed by atoms with Crippen LogP contribution in [0.25, 0.3) is 0 Å². The van der Waals surface area contributed by atoms with E-state index in [-0.39, 0.29) is 23.5 Å². The first-order chi connectivity index (χ1) is 13.9. The number of para-hydroxylation sites is 1. The number of benzene rings is 2. The minimum absolute atomic E-state index is 0.120. The monoisotopic (exact) mass is 414 g/mol. The standard InChI is InChI=1S/C22H26N2O4S/c1-4-12-27-21(26)16-8-7-9-17(13-16)23-22(29)24-20(25)14-28-19-11-6-5-10-18(19)15(2)3/h5-11,13,15H,4,12,14H2,1-3H3,(H2,23,24,25,29). The average molecular weight is 415 g/mol. The molecule has 154 valence electrons. The second-order valence-corrected chi connectivity index (χ2v) is 7.11. The molecule has 0 radical (unpaired) electrons. The highest BCUT2D eigenvalue weighted by molar-refractivity contribution is 7.80. The van der Waals surface area contributed by atoms with Crippen LogP contribution in [0.3, 0.4) is 0 Å². The number of rotatable bonds is 8. The zero-order valence-electron chi connectivity index (χ0n) is 16.9. The molecule has 0 aromatic heterocycles. The Kier molecular flexibility index (Phi) is 8.61. The summed E-state index contributed by atoms with van der Waals surface area (Å²) in [5, 5.41) is 5.58.